The number of hydrogen-bond donors (Lipinski definition) is 1. The minimum absolute atomic E-state index is 0.0163. The lowest BCUT2D eigenvalue weighted by Gasteiger charge is -1.99. The third-order valence-electron chi connectivity index (χ3n) is 1.21. The quantitative estimate of drug-likeness (QED) is 0.483. The monoisotopic (exact) mass is 228 g/mol. The second kappa shape index (κ2) is 4.84. The molecule has 14 heavy (non-hydrogen) atoms. The van der Waals surface area contributed by atoms with E-state index in [-0.39, 0.29) is 10.7 Å². The summed E-state index contributed by atoms with van der Waals surface area (Å²) >= 11 is 6.75. The van der Waals surface area contributed by atoms with Gasteiger partial charge in [-0.1, -0.05) is 29.3 Å². The van der Waals surface area contributed by atoms with Gasteiger partial charge in [-0.3, -0.25) is 0 Å². The van der Waals surface area contributed by atoms with Gasteiger partial charge in [-0.25, -0.2) is 14.8 Å². The molecule has 4 nitrogen and oxygen atoms in total. The van der Waals surface area contributed by atoms with Gasteiger partial charge < -0.3 is 5.11 Å². The van der Waals surface area contributed by atoms with Crippen molar-refractivity contribution >= 4 is 29.3 Å². The van der Waals surface area contributed by atoms with Crippen LogP contribution in [-0.2, 0) is 0 Å². The first-order chi connectivity index (χ1) is 6.65. The molecule has 0 aliphatic carbocycles. The van der Waals surface area contributed by atoms with Crippen molar-refractivity contribution in [1.29, 1.82) is 0 Å². The van der Waals surface area contributed by atoms with Crippen LogP contribution in [0.5, 0.6) is 0 Å². The van der Waals surface area contributed by atoms with Gasteiger partial charge in [0.1, 0.15) is 0 Å². The van der Waals surface area contributed by atoms with E-state index in [1.54, 1.807) is 0 Å². The van der Waals surface area contributed by atoms with E-state index >= 15 is 0 Å². The van der Waals surface area contributed by atoms with Gasteiger partial charge in [0, 0.05) is 0 Å². The summed E-state index contributed by atoms with van der Waals surface area (Å²) in [6.45, 7) is 0. The summed E-state index contributed by atoms with van der Waals surface area (Å²) in [5, 5.41) is 9.02. The SMILES string of the molecule is C#CCSc1ncc(Cl)c(C(=O)O)n1. The van der Waals surface area contributed by atoms with Crippen molar-refractivity contribution in [2.24, 2.45) is 0 Å². The molecule has 1 heterocycles. The zero-order chi connectivity index (χ0) is 10.6. The van der Waals surface area contributed by atoms with Crippen LogP contribution in [0.4, 0.5) is 0 Å². The van der Waals surface area contributed by atoms with E-state index in [9.17, 15) is 4.79 Å². The highest BCUT2D eigenvalue weighted by atomic mass is 35.5. The Bertz CT molecular complexity index is 403. The largest absolute Gasteiger partial charge is 0.476 e. The third-order valence-corrected chi connectivity index (χ3v) is 2.25. The van der Waals surface area contributed by atoms with E-state index in [2.05, 4.69) is 15.9 Å². The minimum atomic E-state index is -1.18. The fourth-order valence-electron chi connectivity index (χ4n) is 0.677. The minimum Gasteiger partial charge on any atom is -0.476 e. The number of aromatic nitrogens is 2. The van der Waals surface area contributed by atoms with Crippen LogP contribution in [0.1, 0.15) is 10.5 Å². The first kappa shape index (κ1) is 10.8. The van der Waals surface area contributed by atoms with E-state index in [0.717, 1.165) is 0 Å². The Morgan fingerprint density at radius 1 is 1.79 bits per heavy atom. The van der Waals surface area contributed by atoms with Crippen molar-refractivity contribution in [2.75, 3.05) is 5.75 Å². The van der Waals surface area contributed by atoms with Gasteiger partial charge in [-0.2, -0.15) is 0 Å². The topological polar surface area (TPSA) is 63.1 Å². The maximum Gasteiger partial charge on any atom is 0.356 e. The molecule has 0 saturated heterocycles. The summed E-state index contributed by atoms with van der Waals surface area (Å²) in [7, 11) is 0. The molecule has 0 atom stereocenters. The molecular weight excluding hydrogens is 224 g/mol. The molecule has 0 spiro atoms. The molecule has 0 fully saturated rings. The Labute approximate surface area is 89.7 Å². The molecule has 72 valence electrons. The van der Waals surface area contributed by atoms with Crippen LogP contribution in [0.15, 0.2) is 11.4 Å². The molecule has 0 unspecified atom stereocenters. The number of nitrogens with zero attached hydrogens (tertiary/aromatic N) is 2. The normalized spacial score (nSPS) is 9.43. The molecule has 1 N–H and O–H groups in total. The van der Waals surface area contributed by atoms with Gasteiger partial charge in [-0.05, 0) is 0 Å². The van der Waals surface area contributed by atoms with E-state index in [0.29, 0.717) is 10.9 Å². The molecule has 0 radical (unpaired) electrons. The molecule has 0 saturated carbocycles. The van der Waals surface area contributed by atoms with E-state index in [4.69, 9.17) is 23.1 Å². The molecular formula is C8H5ClN2O2S. The fraction of sp³-hybridized carbons (Fsp3) is 0.125. The third kappa shape index (κ3) is 2.62. The zero-order valence-corrected chi connectivity index (χ0v) is 8.47. The van der Waals surface area contributed by atoms with Gasteiger partial charge in [0.2, 0.25) is 0 Å². The summed E-state index contributed by atoms with van der Waals surface area (Å²) in [5.41, 5.74) is -0.207. The molecule has 1 aromatic rings. The summed E-state index contributed by atoms with van der Waals surface area (Å²) in [4.78, 5) is 18.2. The van der Waals surface area contributed by atoms with Gasteiger partial charge in [0.15, 0.2) is 10.9 Å². The number of halogens is 1. The number of aromatic carboxylic acids is 1. The number of terminal acetylenes is 1. The lowest BCUT2D eigenvalue weighted by Crippen LogP contribution is -2.03. The predicted octanol–water partition coefficient (Wildman–Crippen LogP) is 1.55. The smallest absolute Gasteiger partial charge is 0.356 e. The predicted molar refractivity (Wildman–Crippen MR) is 53.6 cm³/mol. The molecule has 0 aliphatic heterocycles. The molecule has 0 amide bonds. The van der Waals surface area contributed by atoms with Crippen molar-refractivity contribution in [3.8, 4) is 12.3 Å². The van der Waals surface area contributed by atoms with E-state index in [1.165, 1.54) is 18.0 Å². The van der Waals surface area contributed by atoms with Crippen molar-refractivity contribution in [1.82, 2.24) is 9.97 Å². The van der Waals surface area contributed by atoms with Gasteiger partial charge in [0.05, 0.1) is 17.0 Å². The molecule has 1 rings (SSSR count). The molecule has 0 aromatic carbocycles. The van der Waals surface area contributed by atoms with Crippen molar-refractivity contribution in [3.05, 3.63) is 16.9 Å². The van der Waals surface area contributed by atoms with Crippen molar-refractivity contribution < 1.29 is 9.90 Å². The van der Waals surface area contributed by atoms with Crippen molar-refractivity contribution in [2.45, 2.75) is 5.16 Å². The van der Waals surface area contributed by atoms with Crippen LogP contribution in [-0.4, -0.2) is 26.8 Å². The second-order valence-corrected chi connectivity index (χ2v) is 3.50. The number of hydrogen-bond acceptors (Lipinski definition) is 4. The number of rotatable bonds is 3. The first-order valence-electron chi connectivity index (χ1n) is 3.47. The Kier molecular flexibility index (Phi) is 3.74. The Balaban J connectivity index is 2.96. The van der Waals surface area contributed by atoms with Crippen LogP contribution in [0.25, 0.3) is 0 Å². The summed E-state index contributed by atoms with van der Waals surface area (Å²) in [6, 6.07) is 0. The summed E-state index contributed by atoms with van der Waals surface area (Å²) in [6.07, 6.45) is 6.28. The second-order valence-electron chi connectivity index (χ2n) is 2.15. The number of carbonyl (C=O) groups is 1. The van der Waals surface area contributed by atoms with Gasteiger partial charge >= 0.3 is 5.97 Å². The molecule has 6 heteroatoms. The lowest BCUT2D eigenvalue weighted by molar-refractivity contribution is 0.0689. The highest BCUT2D eigenvalue weighted by Crippen LogP contribution is 2.17. The van der Waals surface area contributed by atoms with Crippen LogP contribution < -0.4 is 0 Å². The van der Waals surface area contributed by atoms with Gasteiger partial charge in [-0.15, -0.1) is 6.42 Å². The number of carboxylic acids is 1. The lowest BCUT2D eigenvalue weighted by atomic mass is 10.4. The molecule has 1 aromatic heterocycles. The van der Waals surface area contributed by atoms with E-state index in [1.807, 2.05) is 0 Å². The Morgan fingerprint density at radius 3 is 3.07 bits per heavy atom. The zero-order valence-electron chi connectivity index (χ0n) is 6.90. The highest BCUT2D eigenvalue weighted by Gasteiger charge is 2.12. The van der Waals surface area contributed by atoms with Gasteiger partial charge in [0.25, 0.3) is 0 Å². The molecule has 0 bridgehead atoms. The Hall–Kier alpha value is -1.25. The number of thioether (sulfide) groups is 1. The molecule has 0 aliphatic rings. The average Bonchev–Trinajstić information content (AvgIpc) is 2.16. The van der Waals surface area contributed by atoms with Crippen LogP contribution in [0, 0.1) is 12.3 Å². The highest BCUT2D eigenvalue weighted by molar-refractivity contribution is 7.99. The summed E-state index contributed by atoms with van der Waals surface area (Å²) in [5.74, 6) is 1.59. The standard InChI is InChI=1S/C8H5ClN2O2S/c1-2-3-14-8-10-4-5(9)6(11-8)7(12)13/h1,4H,3H2,(H,12,13). The van der Waals surface area contributed by atoms with E-state index < -0.39 is 5.97 Å². The summed E-state index contributed by atoms with van der Waals surface area (Å²) < 4.78 is 0. The number of carboxylic acid groups (broad SMARTS) is 1. The van der Waals surface area contributed by atoms with Crippen LogP contribution in [0.2, 0.25) is 5.02 Å². The average molecular weight is 229 g/mol. The maximum atomic E-state index is 10.6. The van der Waals surface area contributed by atoms with Crippen LogP contribution >= 0.6 is 23.4 Å². The first-order valence-corrected chi connectivity index (χ1v) is 4.83. The Morgan fingerprint density at radius 2 is 2.50 bits per heavy atom. The van der Waals surface area contributed by atoms with Crippen molar-refractivity contribution in [3.63, 3.8) is 0 Å². The maximum absolute atomic E-state index is 10.6. The van der Waals surface area contributed by atoms with Crippen LogP contribution in [0.3, 0.4) is 0 Å². The fourth-order valence-corrected chi connectivity index (χ4v) is 1.34.